The highest BCUT2D eigenvalue weighted by atomic mass is 16.4. The summed E-state index contributed by atoms with van der Waals surface area (Å²) < 4.78 is 0. The van der Waals surface area contributed by atoms with Crippen LogP contribution in [0.15, 0.2) is 18.2 Å². The van der Waals surface area contributed by atoms with Gasteiger partial charge < -0.3 is 5.11 Å². The molecule has 0 bridgehead atoms. The maximum absolute atomic E-state index is 11.0. The molecule has 18 heavy (non-hydrogen) atoms. The third kappa shape index (κ3) is 3.10. The van der Waals surface area contributed by atoms with E-state index >= 15 is 0 Å². The van der Waals surface area contributed by atoms with Crippen molar-refractivity contribution in [3.63, 3.8) is 0 Å². The number of benzene rings is 1. The number of carboxylic acid groups (broad SMARTS) is 1. The van der Waals surface area contributed by atoms with Crippen LogP contribution < -0.4 is 0 Å². The van der Waals surface area contributed by atoms with Crippen LogP contribution in [0.1, 0.15) is 29.5 Å². The number of carboxylic acids is 1. The van der Waals surface area contributed by atoms with E-state index in [2.05, 4.69) is 36.9 Å². The van der Waals surface area contributed by atoms with Crippen molar-refractivity contribution in [3.8, 4) is 0 Å². The van der Waals surface area contributed by atoms with Gasteiger partial charge in [0.2, 0.25) is 0 Å². The fourth-order valence-electron chi connectivity index (χ4n) is 2.61. The predicted molar refractivity (Wildman–Crippen MR) is 71.6 cm³/mol. The second-order valence-electron chi connectivity index (χ2n) is 5.34. The van der Waals surface area contributed by atoms with Gasteiger partial charge in [0.15, 0.2) is 0 Å². The maximum Gasteiger partial charge on any atom is 0.307 e. The molecule has 0 aliphatic carbocycles. The Bertz CT molecular complexity index is 442. The number of carbonyl (C=O) groups is 1. The summed E-state index contributed by atoms with van der Waals surface area (Å²) in [4.78, 5) is 13.3. The Balaban J connectivity index is 2.04. The minimum absolute atomic E-state index is 0.191. The van der Waals surface area contributed by atoms with Crippen LogP contribution in [-0.4, -0.2) is 29.1 Å². The van der Waals surface area contributed by atoms with Crippen LogP contribution >= 0.6 is 0 Å². The molecule has 1 N–H and O–H groups in total. The Hall–Kier alpha value is -1.35. The number of hydrogen-bond donors (Lipinski definition) is 1. The van der Waals surface area contributed by atoms with Crippen LogP contribution in [0.4, 0.5) is 0 Å². The predicted octanol–water partition coefficient (Wildman–Crippen LogP) is 2.60. The number of hydrogen-bond acceptors (Lipinski definition) is 2. The van der Waals surface area contributed by atoms with Crippen LogP contribution in [0.2, 0.25) is 0 Å². The lowest BCUT2D eigenvalue weighted by Crippen LogP contribution is -2.38. The van der Waals surface area contributed by atoms with E-state index in [9.17, 15) is 4.79 Å². The minimum atomic E-state index is -0.652. The highest BCUT2D eigenvalue weighted by Gasteiger charge is 2.25. The summed E-state index contributed by atoms with van der Waals surface area (Å²) in [5.74, 6) is -0.843. The molecule has 3 nitrogen and oxygen atoms in total. The lowest BCUT2D eigenvalue weighted by atomic mass is 9.97. The zero-order valence-electron chi connectivity index (χ0n) is 11.1. The second kappa shape index (κ2) is 5.53. The van der Waals surface area contributed by atoms with Gasteiger partial charge in [-0.2, -0.15) is 0 Å². The van der Waals surface area contributed by atoms with Crippen LogP contribution in [0, 0.1) is 19.8 Å². The van der Waals surface area contributed by atoms with Crippen LogP contribution in [0.3, 0.4) is 0 Å². The third-order valence-corrected chi connectivity index (χ3v) is 3.75. The number of rotatable bonds is 3. The van der Waals surface area contributed by atoms with Gasteiger partial charge in [0.1, 0.15) is 0 Å². The lowest BCUT2D eigenvalue weighted by Gasteiger charge is -2.31. The molecule has 1 aromatic rings. The first-order chi connectivity index (χ1) is 8.56. The van der Waals surface area contributed by atoms with E-state index in [-0.39, 0.29) is 5.92 Å². The van der Waals surface area contributed by atoms with E-state index in [1.807, 2.05) is 0 Å². The van der Waals surface area contributed by atoms with Crippen molar-refractivity contribution in [2.24, 2.45) is 5.92 Å². The summed E-state index contributed by atoms with van der Waals surface area (Å²) in [6, 6.07) is 6.47. The largest absolute Gasteiger partial charge is 0.481 e. The highest BCUT2D eigenvalue weighted by molar-refractivity contribution is 5.70. The molecular weight excluding hydrogens is 226 g/mol. The summed E-state index contributed by atoms with van der Waals surface area (Å²) in [6.45, 7) is 6.78. The molecule has 2 rings (SSSR count). The van der Waals surface area contributed by atoms with Crippen molar-refractivity contribution in [2.75, 3.05) is 13.1 Å². The van der Waals surface area contributed by atoms with E-state index in [1.54, 1.807) is 0 Å². The van der Waals surface area contributed by atoms with Crippen molar-refractivity contribution >= 4 is 5.97 Å². The molecule has 0 amide bonds. The van der Waals surface area contributed by atoms with Crippen LogP contribution in [-0.2, 0) is 11.3 Å². The van der Waals surface area contributed by atoms with Gasteiger partial charge in [0, 0.05) is 13.1 Å². The second-order valence-corrected chi connectivity index (χ2v) is 5.34. The van der Waals surface area contributed by atoms with Gasteiger partial charge in [-0.15, -0.1) is 0 Å². The van der Waals surface area contributed by atoms with Gasteiger partial charge in [0.05, 0.1) is 5.92 Å². The molecule has 0 aromatic heterocycles. The number of aryl methyl sites for hydroxylation is 2. The molecule has 1 atom stereocenters. The van der Waals surface area contributed by atoms with Gasteiger partial charge in [-0.1, -0.05) is 23.8 Å². The normalized spacial score (nSPS) is 20.9. The van der Waals surface area contributed by atoms with Crippen molar-refractivity contribution in [1.29, 1.82) is 0 Å². The van der Waals surface area contributed by atoms with E-state index in [1.165, 1.54) is 16.7 Å². The SMILES string of the molecule is Cc1ccc(C)c(CN2CCCC(C(=O)O)C2)c1. The average molecular weight is 247 g/mol. The fourth-order valence-corrected chi connectivity index (χ4v) is 2.61. The average Bonchev–Trinajstić information content (AvgIpc) is 2.34. The Kier molecular flexibility index (Phi) is 4.02. The first-order valence-electron chi connectivity index (χ1n) is 6.57. The van der Waals surface area contributed by atoms with Crippen molar-refractivity contribution in [3.05, 3.63) is 34.9 Å². The zero-order chi connectivity index (χ0) is 13.1. The summed E-state index contributed by atoms with van der Waals surface area (Å²) >= 11 is 0. The van der Waals surface area contributed by atoms with E-state index in [4.69, 9.17) is 5.11 Å². The summed E-state index contributed by atoms with van der Waals surface area (Å²) in [5, 5.41) is 9.09. The van der Waals surface area contributed by atoms with Gasteiger partial charge >= 0.3 is 5.97 Å². The molecular formula is C15H21NO2. The topological polar surface area (TPSA) is 40.5 Å². The maximum atomic E-state index is 11.0. The van der Waals surface area contributed by atoms with Gasteiger partial charge in [-0.05, 0) is 44.4 Å². The summed E-state index contributed by atoms with van der Waals surface area (Å²) in [7, 11) is 0. The molecule has 98 valence electrons. The van der Waals surface area contributed by atoms with Crippen molar-refractivity contribution in [1.82, 2.24) is 4.90 Å². The number of piperidine rings is 1. The Morgan fingerprint density at radius 2 is 2.22 bits per heavy atom. The highest BCUT2D eigenvalue weighted by Crippen LogP contribution is 2.20. The molecule has 3 heteroatoms. The molecule has 0 saturated carbocycles. The minimum Gasteiger partial charge on any atom is -0.481 e. The van der Waals surface area contributed by atoms with E-state index in [0.29, 0.717) is 6.54 Å². The third-order valence-electron chi connectivity index (χ3n) is 3.75. The van der Waals surface area contributed by atoms with E-state index in [0.717, 1.165) is 25.9 Å². The molecule has 1 heterocycles. The molecule has 0 radical (unpaired) electrons. The standard InChI is InChI=1S/C15H21NO2/c1-11-5-6-12(2)14(8-11)10-16-7-3-4-13(9-16)15(17)18/h5-6,8,13H,3-4,7,9-10H2,1-2H3,(H,17,18). The number of nitrogens with zero attached hydrogens (tertiary/aromatic N) is 1. The van der Waals surface area contributed by atoms with Gasteiger partial charge in [0.25, 0.3) is 0 Å². The molecule has 1 unspecified atom stereocenters. The fraction of sp³-hybridized carbons (Fsp3) is 0.533. The molecule has 1 aliphatic rings. The first kappa shape index (κ1) is 13.1. The molecule has 0 spiro atoms. The molecule has 1 aromatic carbocycles. The van der Waals surface area contributed by atoms with Gasteiger partial charge in [-0.25, -0.2) is 0 Å². The number of aliphatic carboxylic acids is 1. The van der Waals surface area contributed by atoms with Gasteiger partial charge in [-0.3, -0.25) is 9.69 Å². The number of likely N-dealkylation sites (tertiary alicyclic amines) is 1. The zero-order valence-corrected chi connectivity index (χ0v) is 11.1. The van der Waals surface area contributed by atoms with Crippen LogP contribution in [0.25, 0.3) is 0 Å². The van der Waals surface area contributed by atoms with E-state index < -0.39 is 5.97 Å². The molecule has 1 aliphatic heterocycles. The first-order valence-corrected chi connectivity index (χ1v) is 6.57. The lowest BCUT2D eigenvalue weighted by molar-refractivity contribution is -0.143. The smallest absolute Gasteiger partial charge is 0.307 e. The van der Waals surface area contributed by atoms with Crippen molar-refractivity contribution < 1.29 is 9.90 Å². The quantitative estimate of drug-likeness (QED) is 0.892. The van der Waals surface area contributed by atoms with Crippen molar-refractivity contribution in [2.45, 2.75) is 33.2 Å². The van der Waals surface area contributed by atoms with Crippen LogP contribution in [0.5, 0.6) is 0 Å². The monoisotopic (exact) mass is 247 g/mol. The molecule has 1 fully saturated rings. The Morgan fingerprint density at radius 3 is 2.94 bits per heavy atom. The summed E-state index contributed by atoms with van der Waals surface area (Å²) in [6.07, 6.45) is 1.81. The Labute approximate surface area is 108 Å². The summed E-state index contributed by atoms with van der Waals surface area (Å²) in [5.41, 5.74) is 3.88. The molecule has 1 saturated heterocycles. The Morgan fingerprint density at radius 1 is 1.44 bits per heavy atom.